The molecule has 4 rings (SSSR count). The number of nitrogens with one attached hydrogen (secondary N) is 1. The van der Waals surface area contributed by atoms with Gasteiger partial charge in [-0.15, -0.1) is 0 Å². The Morgan fingerprint density at radius 3 is 2.34 bits per heavy atom. The molecular weight excluding hydrogens is 394 g/mol. The highest BCUT2D eigenvalue weighted by atomic mass is 16.1. The maximum Gasteiger partial charge on any atom is 0.225 e. The average Bonchev–Trinajstić information content (AvgIpc) is 2.84. The molecule has 1 saturated heterocycles. The van der Waals surface area contributed by atoms with Gasteiger partial charge in [-0.2, -0.15) is 5.26 Å². The van der Waals surface area contributed by atoms with Crippen molar-refractivity contribution >= 4 is 11.6 Å². The molecule has 4 heteroatoms. The Kier molecular flexibility index (Phi) is 6.87. The van der Waals surface area contributed by atoms with E-state index in [2.05, 4.69) is 71.7 Å². The van der Waals surface area contributed by atoms with E-state index in [0.29, 0.717) is 5.56 Å². The Labute approximate surface area is 190 Å². The highest BCUT2D eigenvalue weighted by Gasteiger charge is 2.23. The second kappa shape index (κ2) is 10.2. The van der Waals surface area contributed by atoms with Crippen molar-refractivity contribution in [2.75, 3.05) is 18.0 Å². The predicted molar refractivity (Wildman–Crippen MR) is 129 cm³/mol. The zero-order chi connectivity index (χ0) is 22.3. The maximum atomic E-state index is 13.1. The largest absolute Gasteiger partial charge is 0.371 e. The first-order chi connectivity index (χ1) is 15.6. The first-order valence-electron chi connectivity index (χ1n) is 11.3. The normalized spacial score (nSPS) is 14.4. The zero-order valence-electron chi connectivity index (χ0n) is 18.6. The monoisotopic (exact) mass is 423 g/mol. The molecule has 1 N–H and O–H groups in total. The van der Waals surface area contributed by atoms with Crippen LogP contribution in [-0.2, 0) is 11.2 Å². The fourth-order valence-corrected chi connectivity index (χ4v) is 4.35. The standard InChI is InChI=1S/C28H29N3O/c1-21-9-15-24(16-10-21)28(30-27(32)19-22-11-13-23(20-29)14-12-22)25-7-3-4-8-26(25)31-17-5-2-6-18-31/h3-4,7-16,28H,2,5-6,17-19H2,1H3,(H,30,32). The average molecular weight is 424 g/mol. The Hall–Kier alpha value is -3.58. The van der Waals surface area contributed by atoms with Crippen LogP contribution in [0.4, 0.5) is 5.69 Å². The van der Waals surface area contributed by atoms with Gasteiger partial charge in [-0.1, -0.05) is 60.2 Å². The van der Waals surface area contributed by atoms with E-state index in [4.69, 9.17) is 5.26 Å². The topological polar surface area (TPSA) is 56.1 Å². The first kappa shape index (κ1) is 21.6. The Morgan fingerprint density at radius 2 is 1.66 bits per heavy atom. The number of anilines is 1. The van der Waals surface area contributed by atoms with E-state index in [9.17, 15) is 4.79 Å². The van der Waals surface area contributed by atoms with Crippen LogP contribution in [0.25, 0.3) is 0 Å². The molecule has 1 amide bonds. The van der Waals surface area contributed by atoms with E-state index in [1.165, 1.54) is 30.5 Å². The van der Waals surface area contributed by atoms with Gasteiger partial charge in [0.15, 0.2) is 0 Å². The van der Waals surface area contributed by atoms with E-state index in [0.717, 1.165) is 29.8 Å². The van der Waals surface area contributed by atoms with Crippen molar-refractivity contribution in [3.05, 3.63) is 101 Å². The van der Waals surface area contributed by atoms with Gasteiger partial charge in [0.1, 0.15) is 0 Å². The van der Waals surface area contributed by atoms with Crippen molar-refractivity contribution in [1.82, 2.24) is 5.32 Å². The Balaban J connectivity index is 1.63. The first-order valence-corrected chi connectivity index (χ1v) is 11.3. The van der Waals surface area contributed by atoms with Crippen LogP contribution in [0.15, 0.2) is 72.8 Å². The summed E-state index contributed by atoms with van der Waals surface area (Å²) in [5.74, 6) is -0.0336. The van der Waals surface area contributed by atoms with E-state index in [1.807, 2.05) is 12.1 Å². The number of amides is 1. The number of rotatable bonds is 6. The summed E-state index contributed by atoms with van der Waals surface area (Å²) in [6, 6.07) is 26.0. The number of hydrogen-bond acceptors (Lipinski definition) is 3. The van der Waals surface area contributed by atoms with Crippen molar-refractivity contribution in [3.8, 4) is 6.07 Å². The highest BCUT2D eigenvalue weighted by Crippen LogP contribution is 2.32. The summed E-state index contributed by atoms with van der Waals surface area (Å²) >= 11 is 0. The molecule has 0 aromatic heterocycles. The molecule has 162 valence electrons. The number of carbonyl (C=O) groups is 1. The Morgan fingerprint density at radius 1 is 0.969 bits per heavy atom. The minimum absolute atomic E-state index is 0.0336. The van der Waals surface area contributed by atoms with Gasteiger partial charge in [-0.3, -0.25) is 4.79 Å². The van der Waals surface area contributed by atoms with Gasteiger partial charge < -0.3 is 10.2 Å². The van der Waals surface area contributed by atoms with Crippen molar-refractivity contribution in [1.29, 1.82) is 5.26 Å². The van der Waals surface area contributed by atoms with Crippen molar-refractivity contribution < 1.29 is 4.79 Å². The lowest BCUT2D eigenvalue weighted by molar-refractivity contribution is -0.120. The molecule has 3 aromatic carbocycles. The van der Waals surface area contributed by atoms with Crippen LogP contribution >= 0.6 is 0 Å². The van der Waals surface area contributed by atoms with Crippen LogP contribution < -0.4 is 10.2 Å². The molecule has 0 radical (unpaired) electrons. The number of para-hydroxylation sites is 1. The van der Waals surface area contributed by atoms with Gasteiger partial charge in [0.05, 0.1) is 24.1 Å². The van der Waals surface area contributed by atoms with E-state index < -0.39 is 0 Å². The fraction of sp³-hybridized carbons (Fsp3) is 0.286. The molecule has 0 saturated carbocycles. The SMILES string of the molecule is Cc1ccc(C(NC(=O)Cc2ccc(C#N)cc2)c2ccccc2N2CCCCC2)cc1. The molecule has 32 heavy (non-hydrogen) atoms. The van der Waals surface area contributed by atoms with Crippen LogP contribution in [0.5, 0.6) is 0 Å². The molecule has 0 bridgehead atoms. The third-order valence-electron chi connectivity index (χ3n) is 6.11. The summed E-state index contributed by atoms with van der Waals surface area (Å²) in [6.07, 6.45) is 3.96. The summed E-state index contributed by atoms with van der Waals surface area (Å²) < 4.78 is 0. The third kappa shape index (κ3) is 5.18. The van der Waals surface area contributed by atoms with Crippen LogP contribution in [0, 0.1) is 18.3 Å². The van der Waals surface area contributed by atoms with Crippen molar-refractivity contribution in [2.24, 2.45) is 0 Å². The second-order valence-corrected chi connectivity index (χ2v) is 8.50. The minimum atomic E-state index is -0.223. The van der Waals surface area contributed by atoms with Gasteiger partial charge in [0, 0.05) is 24.3 Å². The fourth-order valence-electron chi connectivity index (χ4n) is 4.35. The molecule has 0 spiro atoms. The highest BCUT2D eigenvalue weighted by molar-refractivity contribution is 5.80. The molecule has 1 aliphatic rings. The molecular formula is C28H29N3O. The van der Waals surface area contributed by atoms with Crippen LogP contribution in [0.2, 0.25) is 0 Å². The summed E-state index contributed by atoms with van der Waals surface area (Å²) in [5, 5.41) is 12.3. The summed E-state index contributed by atoms with van der Waals surface area (Å²) in [7, 11) is 0. The lowest BCUT2D eigenvalue weighted by Crippen LogP contribution is -2.34. The lowest BCUT2D eigenvalue weighted by Gasteiger charge is -2.33. The van der Waals surface area contributed by atoms with Crippen LogP contribution in [-0.4, -0.2) is 19.0 Å². The van der Waals surface area contributed by atoms with Gasteiger partial charge in [0.2, 0.25) is 5.91 Å². The number of hydrogen-bond donors (Lipinski definition) is 1. The number of piperidine rings is 1. The van der Waals surface area contributed by atoms with E-state index >= 15 is 0 Å². The molecule has 3 aromatic rings. The van der Waals surface area contributed by atoms with Crippen molar-refractivity contribution in [2.45, 2.75) is 38.6 Å². The molecule has 1 aliphatic heterocycles. The molecule has 1 atom stereocenters. The van der Waals surface area contributed by atoms with Gasteiger partial charge >= 0.3 is 0 Å². The van der Waals surface area contributed by atoms with Crippen LogP contribution in [0.3, 0.4) is 0 Å². The number of benzene rings is 3. The minimum Gasteiger partial charge on any atom is -0.371 e. The molecule has 4 nitrogen and oxygen atoms in total. The van der Waals surface area contributed by atoms with Gasteiger partial charge in [0.25, 0.3) is 0 Å². The second-order valence-electron chi connectivity index (χ2n) is 8.50. The number of nitriles is 1. The molecule has 1 unspecified atom stereocenters. The van der Waals surface area contributed by atoms with Crippen molar-refractivity contribution in [3.63, 3.8) is 0 Å². The smallest absolute Gasteiger partial charge is 0.225 e. The lowest BCUT2D eigenvalue weighted by atomic mass is 9.94. The third-order valence-corrected chi connectivity index (χ3v) is 6.11. The number of carbonyl (C=O) groups excluding carboxylic acids is 1. The maximum absolute atomic E-state index is 13.1. The quantitative estimate of drug-likeness (QED) is 0.585. The number of aryl methyl sites for hydroxylation is 1. The van der Waals surface area contributed by atoms with Crippen LogP contribution in [0.1, 0.15) is 53.1 Å². The summed E-state index contributed by atoms with van der Waals surface area (Å²) in [4.78, 5) is 15.5. The predicted octanol–water partition coefficient (Wildman–Crippen LogP) is 5.31. The summed E-state index contributed by atoms with van der Waals surface area (Å²) in [6.45, 7) is 4.18. The summed E-state index contributed by atoms with van der Waals surface area (Å²) in [5.41, 5.74) is 6.10. The van der Waals surface area contributed by atoms with Gasteiger partial charge in [-0.05, 0) is 55.5 Å². The molecule has 1 heterocycles. The number of nitrogens with zero attached hydrogens (tertiary/aromatic N) is 2. The molecule has 1 fully saturated rings. The molecule has 0 aliphatic carbocycles. The Bertz CT molecular complexity index is 1090. The van der Waals surface area contributed by atoms with Gasteiger partial charge in [-0.25, -0.2) is 0 Å². The zero-order valence-corrected chi connectivity index (χ0v) is 18.6. The van der Waals surface area contributed by atoms with E-state index in [-0.39, 0.29) is 18.4 Å². The van der Waals surface area contributed by atoms with E-state index in [1.54, 1.807) is 12.1 Å².